The molecular formula is C30H32Cl2N4O6S. The lowest BCUT2D eigenvalue weighted by molar-refractivity contribution is -0.142. The molecule has 1 atom stereocenters. The van der Waals surface area contributed by atoms with Crippen molar-refractivity contribution in [1.29, 1.82) is 0 Å². The van der Waals surface area contributed by atoms with E-state index in [2.05, 4.69) is 10.6 Å². The number of methoxy groups -OCH3 is 1. The second-order valence-corrected chi connectivity index (χ2v) is 12.7. The lowest BCUT2D eigenvalue weighted by Gasteiger charge is -2.29. The summed E-state index contributed by atoms with van der Waals surface area (Å²) in [4.78, 5) is 39.8. The van der Waals surface area contributed by atoms with Crippen molar-refractivity contribution < 1.29 is 27.5 Å². The largest absolute Gasteiger partial charge is 0.467 e. The molecule has 0 aromatic heterocycles. The molecule has 1 aliphatic heterocycles. The minimum absolute atomic E-state index is 0.0138. The molecule has 10 nitrogen and oxygen atoms in total. The number of amides is 3. The first kappa shape index (κ1) is 32.3. The minimum atomic E-state index is -3.83. The maximum Gasteiger partial charge on any atom is 0.328 e. The summed E-state index contributed by atoms with van der Waals surface area (Å²) in [5.74, 6) is -1.16. The van der Waals surface area contributed by atoms with Gasteiger partial charge in [0.05, 0.1) is 28.4 Å². The van der Waals surface area contributed by atoms with Crippen LogP contribution in [0.4, 0.5) is 16.2 Å². The van der Waals surface area contributed by atoms with Crippen molar-refractivity contribution in [1.82, 2.24) is 9.62 Å². The second-order valence-electron chi connectivity index (χ2n) is 9.97. The molecule has 43 heavy (non-hydrogen) atoms. The molecule has 228 valence electrons. The highest BCUT2D eigenvalue weighted by atomic mass is 35.5. The number of hydrogen-bond donors (Lipinski definition) is 2. The second kappa shape index (κ2) is 14.2. The SMILES string of the molecule is COC(=O)C(Cc1ccc(NC(=O)c2c(Cl)cccc2Cl)cc1)NC(=O)N(C)c1ccccc1S(=O)(=O)N1CCCCC1. The molecule has 0 saturated carbocycles. The summed E-state index contributed by atoms with van der Waals surface area (Å²) in [5.41, 5.74) is 1.47. The van der Waals surface area contributed by atoms with Crippen molar-refractivity contribution >= 4 is 62.5 Å². The lowest BCUT2D eigenvalue weighted by Crippen LogP contribution is -2.48. The zero-order valence-electron chi connectivity index (χ0n) is 23.7. The van der Waals surface area contributed by atoms with Crippen molar-refractivity contribution in [3.05, 3.63) is 87.9 Å². The number of hydrogen-bond acceptors (Lipinski definition) is 6. The van der Waals surface area contributed by atoms with Crippen LogP contribution in [0.3, 0.4) is 0 Å². The van der Waals surface area contributed by atoms with Crippen LogP contribution in [0.5, 0.6) is 0 Å². The molecule has 0 radical (unpaired) electrons. The fourth-order valence-corrected chi connectivity index (χ4v) is 7.06. The summed E-state index contributed by atoms with van der Waals surface area (Å²) >= 11 is 12.3. The molecule has 3 aromatic rings. The average molecular weight is 648 g/mol. The average Bonchev–Trinajstić information content (AvgIpc) is 3.01. The van der Waals surface area contributed by atoms with E-state index in [-0.39, 0.29) is 32.6 Å². The molecule has 4 rings (SSSR count). The van der Waals surface area contributed by atoms with Gasteiger partial charge in [-0.2, -0.15) is 4.31 Å². The number of sulfonamides is 1. The van der Waals surface area contributed by atoms with Gasteiger partial charge in [0.1, 0.15) is 10.9 Å². The van der Waals surface area contributed by atoms with Crippen LogP contribution in [0, 0.1) is 0 Å². The number of nitrogens with zero attached hydrogens (tertiary/aromatic N) is 2. The van der Waals surface area contributed by atoms with Crippen LogP contribution in [0.15, 0.2) is 71.6 Å². The molecule has 1 saturated heterocycles. The van der Waals surface area contributed by atoms with Crippen LogP contribution in [-0.2, 0) is 26.0 Å². The highest BCUT2D eigenvalue weighted by Gasteiger charge is 2.31. The number of esters is 1. The van der Waals surface area contributed by atoms with Crippen LogP contribution >= 0.6 is 23.2 Å². The van der Waals surface area contributed by atoms with Gasteiger partial charge >= 0.3 is 12.0 Å². The van der Waals surface area contributed by atoms with E-state index >= 15 is 0 Å². The number of para-hydroxylation sites is 1. The van der Waals surface area contributed by atoms with E-state index in [0.717, 1.165) is 19.3 Å². The van der Waals surface area contributed by atoms with Gasteiger partial charge in [-0.1, -0.05) is 60.0 Å². The van der Waals surface area contributed by atoms with E-state index in [1.54, 1.807) is 60.7 Å². The molecule has 1 unspecified atom stereocenters. The van der Waals surface area contributed by atoms with Crippen molar-refractivity contribution in [2.24, 2.45) is 0 Å². The maximum absolute atomic E-state index is 13.4. The summed E-state index contributed by atoms with van der Waals surface area (Å²) in [6, 6.07) is 16.0. The molecule has 13 heteroatoms. The van der Waals surface area contributed by atoms with Gasteiger partial charge < -0.3 is 15.4 Å². The Kier molecular flexibility index (Phi) is 10.7. The lowest BCUT2D eigenvalue weighted by atomic mass is 10.1. The molecule has 0 spiro atoms. The van der Waals surface area contributed by atoms with Crippen LogP contribution in [-0.4, -0.2) is 63.9 Å². The number of carbonyl (C=O) groups is 3. The van der Waals surface area contributed by atoms with E-state index in [9.17, 15) is 22.8 Å². The quantitative estimate of drug-likeness (QED) is 0.302. The van der Waals surface area contributed by atoms with Gasteiger partial charge in [-0.05, 0) is 54.8 Å². The third kappa shape index (κ3) is 7.66. The first-order chi connectivity index (χ1) is 20.5. The number of anilines is 2. The van der Waals surface area contributed by atoms with E-state index in [0.29, 0.717) is 24.3 Å². The zero-order valence-corrected chi connectivity index (χ0v) is 26.0. The summed E-state index contributed by atoms with van der Waals surface area (Å²) in [6.45, 7) is 0.848. The first-order valence-electron chi connectivity index (χ1n) is 13.6. The minimum Gasteiger partial charge on any atom is -0.467 e. The highest BCUT2D eigenvalue weighted by molar-refractivity contribution is 7.89. The number of halogens is 2. The van der Waals surface area contributed by atoms with Crippen molar-refractivity contribution in [3.8, 4) is 0 Å². The predicted molar refractivity (Wildman–Crippen MR) is 166 cm³/mol. The van der Waals surface area contributed by atoms with Crippen molar-refractivity contribution in [2.75, 3.05) is 37.5 Å². The maximum atomic E-state index is 13.4. The highest BCUT2D eigenvalue weighted by Crippen LogP contribution is 2.29. The summed E-state index contributed by atoms with van der Waals surface area (Å²) in [5, 5.41) is 5.83. The van der Waals surface area contributed by atoms with E-state index in [1.807, 2.05) is 0 Å². The van der Waals surface area contributed by atoms with Crippen LogP contribution in [0.25, 0.3) is 0 Å². The smallest absolute Gasteiger partial charge is 0.328 e. The van der Waals surface area contributed by atoms with Crippen LogP contribution < -0.4 is 15.5 Å². The van der Waals surface area contributed by atoms with Gasteiger partial charge in [-0.15, -0.1) is 0 Å². The Labute approximate surface area is 261 Å². The number of nitrogens with one attached hydrogen (secondary N) is 2. The molecule has 1 fully saturated rings. The van der Waals surface area contributed by atoms with Gasteiger partial charge in [0, 0.05) is 32.2 Å². The fourth-order valence-electron chi connectivity index (χ4n) is 4.76. The summed E-state index contributed by atoms with van der Waals surface area (Å²) in [6.07, 6.45) is 2.60. The van der Waals surface area contributed by atoms with E-state index < -0.39 is 34.0 Å². The van der Waals surface area contributed by atoms with Crippen LogP contribution in [0.2, 0.25) is 10.0 Å². The molecule has 0 aliphatic carbocycles. The number of ether oxygens (including phenoxy) is 1. The predicted octanol–water partition coefficient (Wildman–Crippen LogP) is 5.35. The molecule has 0 bridgehead atoms. The van der Waals surface area contributed by atoms with Gasteiger partial charge in [0.25, 0.3) is 5.91 Å². The molecule has 1 heterocycles. The third-order valence-corrected chi connectivity index (χ3v) is 9.66. The van der Waals surface area contributed by atoms with Gasteiger partial charge in [-0.3, -0.25) is 9.69 Å². The number of rotatable bonds is 9. The number of piperidine rings is 1. The Bertz CT molecular complexity index is 1570. The first-order valence-corrected chi connectivity index (χ1v) is 15.8. The molecular weight excluding hydrogens is 615 g/mol. The van der Waals surface area contributed by atoms with Gasteiger partial charge in [-0.25, -0.2) is 18.0 Å². The fraction of sp³-hybridized carbons (Fsp3) is 0.300. The molecule has 3 amide bonds. The van der Waals surface area contributed by atoms with Crippen LogP contribution in [0.1, 0.15) is 35.2 Å². The topological polar surface area (TPSA) is 125 Å². The number of urea groups is 1. The van der Waals surface area contributed by atoms with E-state index in [4.69, 9.17) is 27.9 Å². The Balaban J connectivity index is 1.47. The third-order valence-electron chi connectivity index (χ3n) is 7.09. The van der Waals surface area contributed by atoms with Gasteiger partial charge in [0.15, 0.2) is 0 Å². The standard InChI is InChI=1S/C30H32Cl2N4O6S/c1-35(25-11-4-5-12-26(25)43(40,41)36-17-6-3-7-18-36)30(39)34-24(29(38)42-2)19-20-13-15-21(16-14-20)33-28(37)27-22(31)9-8-10-23(27)32/h4-5,8-16,24H,3,6-7,17-19H2,1-2H3,(H,33,37)(H,34,39). The molecule has 3 aromatic carbocycles. The normalized spacial score (nSPS) is 14.4. The summed E-state index contributed by atoms with van der Waals surface area (Å²) in [7, 11) is -1.18. The Morgan fingerprint density at radius 1 is 0.930 bits per heavy atom. The van der Waals surface area contributed by atoms with E-state index in [1.165, 1.54) is 29.4 Å². The summed E-state index contributed by atoms with van der Waals surface area (Å²) < 4.78 is 33.2. The molecule has 2 N–H and O–H groups in total. The Morgan fingerprint density at radius 2 is 1.56 bits per heavy atom. The monoisotopic (exact) mass is 646 g/mol. The number of carbonyl (C=O) groups excluding carboxylic acids is 3. The Morgan fingerprint density at radius 3 is 2.19 bits per heavy atom. The molecule has 1 aliphatic rings. The number of benzene rings is 3. The van der Waals surface area contributed by atoms with Crippen molar-refractivity contribution in [3.63, 3.8) is 0 Å². The van der Waals surface area contributed by atoms with Crippen molar-refractivity contribution in [2.45, 2.75) is 36.6 Å². The zero-order chi connectivity index (χ0) is 31.1. The van der Waals surface area contributed by atoms with Gasteiger partial charge in [0.2, 0.25) is 10.0 Å². The Hall–Kier alpha value is -3.64.